The van der Waals surface area contributed by atoms with Gasteiger partial charge in [0.1, 0.15) is 0 Å². The summed E-state index contributed by atoms with van der Waals surface area (Å²) in [4.78, 5) is 0. The normalized spacial score (nSPS) is 9.72. The van der Waals surface area contributed by atoms with Crippen molar-refractivity contribution in [1.82, 2.24) is 0 Å². The predicted octanol–water partition coefficient (Wildman–Crippen LogP) is 7.01. The van der Waals surface area contributed by atoms with Crippen LogP contribution in [0.1, 0.15) is 76.2 Å². The van der Waals surface area contributed by atoms with E-state index in [4.69, 9.17) is 0 Å². The average Bonchev–Trinajstić information content (AvgIpc) is 2.04. The van der Waals surface area contributed by atoms with Gasteiger partial charge in [0.25, 0.3) is 0 Å². The van der Waals surface area contributed by atoms with Crippen LogP contribution in [0.5, 0.6) is 0 Å². The molecule has 0 amide bonds. The zero-order valence-electron chi connectivity index (χ0n) is 13.6. The van der Waals surface area contributed by atoms with Gasteiger partial charge in [-0.05, 0) is 48.5 Å². The van der Waals surface area contributed by atoms with Gasteiger partial charge in [-0.25, -0.2) is 0 Å². The predicted molar refractivity (Wildman–Crippen MR) is 93.3 cm³/mol. The van der Waals surface area contributed by atoms with Crippen molar-refractivity contribution >= 4 is 17.5 Å². The second kappa shape index (κ2) is 18.4. The zero-order chi connectivity index (χ0) is 13.9. The Morgan fingerprint density at radius 3 is 1.11 bits per heavy atom. The molecule has 120 valence electrons. The van der Waals surface area contributed by atoms with Crippen LogP contribution in [0.2, 0.25) is 0 Å². The number of hydrogen-bond donors (Lipinski definition) is 0. The molecule has 0 aliphatic rings. The number of rotatable bonds is 2. The van der Waals surface area contributed by atoms with Gasteiger partial charge in [-0.3, -0.25) is 0 Å². The van der Waals surface area contributed by atoms with Gasteiger partial charge in [-0.15, -0.1) is 0 Å². The monoisotopic (exact) mass is 391 g/mol. The third kappa shape index (κ3) is 19.7. The Morgan fingerprint density at radius 1 is 0.944 bits per heavy atom. The molecule has 0 aromatic carbocycles. The maximum absolute atomic E-state index is 4.49. The molecule has 0 radical (unpaired) electrons. The summed E-state index contributed by atoms with van der Waals surface area (Å²) in [6.07, 6.45) is 1.25. The summed E-state index contributed by atoms with van der Waals surface area (Å²) in [6, 6.07) is 0. The van der Waals surface area contributed by atoms with E-state index in [1.54, 1.807) is 0 Å². The Bertz CT molecular complexity index is 123. The van der Waals surface area contributed by atoms with Crippen molar-refractivity contribution in [1.29, 1.82) is 0 Å². The molecule has 0 fully saturated rings. The van der Waals surface area contributed by atoms with Crippen LogP contribution < -0.4 is 0 Å². The van der Waals surface area contributed by atoms with Crippen LogP contribution in [0.25, 0.3) is 0 Å². The fourth-order valence-corrected chi connectivity index (χ4v) is 7.20. The SMILES string of the molecule is C.CC(C)[PH+](C(C)C)C(C)(C)C.CCC.[CH3-].[Cl][Pd+]. The molecule has 0 nitrogen and oxygen atoms in total. The van der Waals surface area contributed by atoms with Crippen molar-refractivity contribution in [2.45, 2.75) is 92.6 Å². The molecule has 3 heteroatoms. The summed E-state index contributed by atoms with van der Waals surface area (Å²) in [7, 11) is 4.29. The molecule has 18 heavy (non-hydrogen) atoms. The van der Waals surface area contributed by atoms with Crippen LogP contribution in [0.3, 0.4) is 0 Å². The van der Waals surface area contributed by atoms with E-state index in [0.717, 1.165) is 11.3 Å². The molecule has 0 heterocycles. The minimum absolute atomic E-state index is 0. The van der Waals surface area contributed by atoms with Crippen LogP contribution in [0.15, 0.2) is 0 Å². The van der Waals surface area contributed by atoms with Crippen molar-refractivity contribution in [3.63, 3.8) is 0 Å². The summed E-state index contributed by atoms with van der Waals surface area (Å²) < 4.78 is 0. The molecule has 0 aromatic heterocycles. The Kier molecular flexibility index (Phi) is 32.3. The minimum atomic E-state index is -0.194. The number of halogens is 1. The topological polar surface area (TPSA) is 0 Å². The van der Waals surface area contributed by atoms with Crippen molar-refractivity contribution in [3.05, 3.63) is 7.43 Å². The molecule has 0 bridgehead atoms. The average molecular weight is 392 g/mol. The van der Waals surface area contributed by atoms with Crippen molar-refractivity contribution < 1.29 is 18.2 Å². The van der Waals surface area contributed by atoms with E-state index >= 15 is 0 Å². The van der Waals surface area contributed by atoms with Crippen LogP contribution in [0, 0.1) is 7.43 Å². The molecule has 0 N–H and O–H groups in total. The summed E-state index contributed by atoms with van der Waals surface area (Å²) in [5.74, 6) is 0. The van der Waals surface area contributed by atoms with E-state index in [2.05, 4.69) is 90.0 Å². The molecular weight excluding hydrogens is 353 g/mol. The first-order valence-electron chi connectivity index (χ1n) is 6.17. The van der Waals surface area contributed by atoms with Gasteiger partial charge in [-0.1, -0.05) is 27.7 Å². The van der Waals surface area contributed by atoms with Gasteiger partial charge in [0.2, 0.25) is 0 Å². The fraction of sp³-hybridized carbons (Fsp3) is 0.933. The van der Waals surface area contributed by atoms with Crippen molar-refractivity contribution in [3.8, 4) is 0 Å². The van der Waals surface area contributed by atoms with Crippen LogP contribution in [-0.4, -0.2) is 16.5 Å². The summed E-state index contributed by atoms with van der Waals surface area (Å²) >= 11 is 2.22. The van der Waals surface area contributed by atoms with E-state index in [1.165, 1.54) is 6.42 Å². The standard InChI is InChI=1S/C10H23P.C3H8.CH4.CH3.ClH.Pd/c1-8(2)11(9(3)4)10(5,6)7;1-3-2;;;;/h8-9H,1-7H3;3H2,1-2H3;1H4;1H3;1H;/q;;;-1;;+2. The fourth-order valence-electron chi connectivity index (χ4n) is 2.40. The molecular formula is C15H39ClPPd+. The van der Waals surface area contributed by atoms with E-state index in [-0.39, 0.29) is 22.8 Å². The first-order valence-corrected chi connectivity index (χ1v) is 9.83. The Labute approximate surface area is 135 Å². The molecule has 0 aromatic rings. The van der Waals surface area contributed by atoms with Crippen molar-refractivity contribution in [2.75, 3.05) is 0 Å². The molecule has 0 atom stereocenters. The summed E-state index contributed by atoms with van der Waals surface area (Å²) in [5, 5.41) is 0.562. The van der Waals surface area contributed by atoms with Crippen LogP contribution in [0.4, 0.5) is 0 Å². The second-order valence-corrected chi connectivity index (χ2v) is 10.4. The number of hydrogen-bond acceptors (Lipinski definition) is 0. The summed E-state index contributed by atoms with van der Waals surface area (Å²) in [6.45, 7) is 20.9. The Balaban J connectivity index is -0.0000000704. The van der Waals surface area contributed by atoms with E-state index in [0.29, 0.717) is 5.16 Å². The Hall–Kier alpha value is 1.38. The summed E-state index contributed by atoms with van der Waals surface area (Å²) in [5.41, 5.74) is 1.81. The molecule has 0 saturated heterocycles. The molecule has 0 rings (SSSR count). The molecule has 0 aliphatic heterocycles. The van der Waals surface area contributed by atoms with Crippen LogP contribution in [-0.2, 0) is 18.2 Å². The molecule has 0 unspecified atom stereocenters. The third-order valence-electron chi connectivity index (χ3n) is 2.11. The molecule has 0 spiro atoms. The third-order valence-corrected chi connectivity index (χ3v) is 6.33. The van der Waals surface area contributed by atoms with Gasteiger partial charge in [-0.2, -0.15) is 0 Å². The van der Waals surface area contributed by atoms with Gasteiger partial charge in [0, 0.05) is 7.92 Å². The zero-order valence-corrected chi connectivity index (χ0v) is 16.9. The molecule has 0 aliphatic carbocycles. The maximum atomic E-state index is 4.49. The van der Waals surface area contributed by atoms with Crippen molar-refractivity contribution in [2.24, 2.45) is 0 Å². The quantitative estimate of drug-likeness (QED) is 0.269. The van der Waals surface area contributed by atoms with Gasteiger partial charge >= 0.3 is 27.7 Å². The second-order valence-electron chi connectivity index (χ2n) is 5.72. The van der Waals surface area contributed by atoms with E-state index in [1.807, 2.05) is 0 Å². The first kappa shape index (κ1) is 31.7. The van der Waals surface area contributed by atoms with Gasteiger partial charge < -0.3 is 7.43 Å². The van der Waals surface area contributed by atoms with Gasteiger partial charge in [0.05, 0.1) is 16.5 Å². The van der Waals surface area contributed by atoms with E-state index in [9.17, 15) is 0 Å². The van der Waals surface area contributed by atoms with Crippen LogP contribution >= 0.6 is 17.5 Å². The van der Waals surface area contributed by atoms with Gasteiger partial charge in [0.15, 0.2) is 0 Å². The molecule has 0 saturated carbocycles. The Morgan fingerprint density at radius 2 is 1.11 bits per heavy atom. The van der Waals surface area contributed by atoms with E-state index < -0.39 is 0 Å². The first-order chi connectivity index (χ1) is 7.18.